The van der Waals surface area contributed by atoms with E-state index in [4.69, 9.17) is 4.74 Å². The van der Waals surface area contributed by atoms with Crippen LogP contribution in [0.3, 0.4) is 0 Å². The van der Waals surface area contributed by atoms with Crippen LogP contribution in [0.15, 0.2) is 48.5 Å². The number of hydrogen-bond donors (Lipinski definition) is 1. The minimum absolute atomic E-state index is 0.0201. The molecule has 0 fully saturated rings. The molecule has 0 unspecified atom stereocenters. The first-order valence-electron chi connectivity index (χ1n) is 8.30. The predicted molar refractivity (Wildman–Crippen MR) is 92.6 cm³/mol. The number of alkyl carbamates (subject to hydrolysis) is 1. The zero-order valence-electron chi connectivity index (χ0n) is 14.8. The molecule has 0 aliphatic carbocycles. The van der Waals surface area contributed by atoms with Crippen molar-refractivity contribution in [2.24, 2.45) is 0 Å². The standard InChI is InChI=1S/C20H15F6NO2/c21-19(22,23)16-10-6-11-17(20(24,25)26)15(16)9-4-5-12-27-18(28)29-13-14-7-2-1-3-8-14/h1-3,6-8,10-11H,5,12-13H2,(H,27,28). The lowest BCUT2D eigenvalue weighted by atomic mass is 10.00. The molecule has 2 aromatic rings. The van der Waals surface area contributed by atoms with E-state index in [-0.39, 0.29) is 19.6 Å². The number of amides is 1. The highest BCUT2D eigenvalue weighted by Gasteiger charge is 2.40. The number of rotatable bonds is 4. The molecule has 29 heavy (non-hydrogen) atoms. The van der Waals surface area contributed by atoms with Gasteiger partial charge in [-0.25, -0.2) is 4.79 Å². The fourth-order valence-corrected chi connectivity index (χ4v) is 2.31. The molecule has 0 heterocycles. The second kappa shape index (κ2) is 9.37. The Morgan fingerprint density at radius 1 is 0.897 bits per heavy atom. The van der Waals surface area contributed by atoms with E-state index in [1.807, 2.05) is 5.92 Å². The zero-order valence-corrected chi connectivity index (χ0v) is 14.8. The highest BCUT2D eigenvalue weighted by molar-refractivity contribution is 5.67. The molecule has 1 amide bonds. The third-order valence-electron chi connectivity index (χ3n) is 3.62. The van der Waals surface area contributed by atoms with Crippen LogP contribution < -0.4 is 5.32 Å². The van der Waals surface area contributed by atoms with Crippen LogP contribution in [-0.2, 0) is 23.7 Å². The minimum atomic E-state index is -4.98. The van der Waals surface area contributed by atoms with Crippen LogP contribution >= 0.6 is 0 Å². The summed E-state index contributed by atoms with van der Waals surface area (Å²) in [7, 11) is 0. The maximum absolute atomic E-state index is 13.0. The summed E-state index contributed by atoms with van der Waals surface area (Å²) in [6.45, 7) is -0.0809. The van der Waals surface area contributed by atoms with Gasteiger partial charge in [-0.15, -0.1) is 0 Å². The Labute approximate surface area is 162 Å². The summed E-state index contributed by atoms with van der Waals surface area (Å²) in [5.41, 5.74) is -3.31. The molecule has 0 atom stereocenters. The number of benzene rings is 2. The zero-order chi connectivity index (χ0) is 21.5. The predicted octanol–water partition coefficient (Wildman–Crippen LogP) is 5.39. The van der Waals surface area contributed by atoms with Crippen molar-refractivity contribution in [2.45, 2.75) is 25.4 Å². The van der Waals surface area contributed by atoms with Gasteiger partial charge in [-0.1, -0.05) is 48.2 Å². The average Bonchev–Trinajstić information content (AvgIpc) is 2.65. The molecule has 154 valence electrons. The smallest absolute Gasteiger partial charge is 0.417 e. The molecule has 0 saturated heterocycles. The maximum atomic E-state index is 13.0. The molecule has 2 rings (SSSR count). The molecule has 0 aliphatic heterocycles. The summed E-state index contributed by atoms with van der Waals surface area (Å²) in [6, 6.07) is 10.6. The van der Waals surface area contributed by atoms with Gasteiger partial charge < -0.3 is 10.1 Å². The molecule has 0 aromatic heterocycles. The van der Waals surface area contributed by atoms with Gasteiger partial charge in [-0.3, -0.25) is 0 Å². The van der Waals surface area contributed by atoms with E-state index in [1.165, 1.54) is 0 Å². The van der Waals surface area contributed by atoms with Gasteiger partial charge in [0.15, 0.2) is 0 Å². The molecule has 1 N–H and O–H groups in total. The molecular formula is C20H15F6NO2. The monoisotopic (exact) mass is 415 g/mol. The first-order chi connectivity index (χ1) is 13.6. The molecule has 0 saturated carbocycles. The molecule has 3 nitrogen and oxygen atoms in total. The Hall–Kier alpha value is -3.15. The first kappa shape index (κ1) is 22.1. The van der Waals surface area contributed by atoms with Crippen LogP contribution in [0.4, 0.5) is 31.1 Å². The highest BCUT2D eigenvalue weighted by Crippen LogP contribution is 2.38. The van der Waals surface area contributed by atoms with Crippen molar-refractivity contribution in [1.29, 1.82) is 0 Å². The van der Waals surface area contributed by atoms with Gasteiger partial charge >= 0.3 is 18.4 Å². The molecule has 9 heteroatoms. The van der Waals surface area contributed by atoms with Crippen molar-refractivity contribution < 1.29 is 35.9 Å². The number of halogens is 6. The SMILES string of the molecule is O=C(NCCC#Cc1c(C(F)(F)F)cccc1C(F)(F)F)OCc1ccccc1. The van der Waals surface area contributed by atoms with Crippen LogP contribution in [0.25, 0.3) is 0 Å². The Morgan fingerprint density at radius 2 is 1.48 bits per heavy atom. The van der Waals surface area contributed by atoms with Crippen molar-refractivity contribution in [2.75, 3.05) is 6.54 Å². The lowest BCUT2D eigenvalue weighted by molar-refractivity contribution is -0.143. The molecule has 0 radical (unpaired) electrons. The van der Waals surface area contributed by atoms with Crippen molar-refractivity contribution in [3.05, 3.63) is 70.8 Å². The molecule has 2 aromatic carbocycles. The Balaban J connectivity index is 1.98. The number of alkyl halides is 6. The van der Waals surface area contributed by atoms with E-state index >= 15 is 0 Å². The number of hydrogen-bond acceptors (Lipinski definition) is 2. The van der Waals surface area contributed by atoms with Gasteiger partial charge in [-0.2, -0.15) is 26.3 Å². The third kappa shape index (κ3) is 6.75. The van der Waals surface area contributed by atoms with E-state index in [1.54, 1.807) is 30.3 Å². The van der Waals surface area contributed by atoms with Crippen LogP contribution in [0.5, 0.6) is 0 Å². The molecule has 0 bridgehead atoms. The van der Waals surface area contributed by atoms with Crippen molar-refractivity contribution >= 4 is 6.09 Å². The van der Waals surface area contributed by atoms with Crippen LogP contribution in [0.1, 0.15) is 28.7 Å². The summed E-state index contributed by atoms with van der Waals surface area (Å²) >= 11 is 0. The Kier molecular flexibility index (Phi) is 7.15. The van der Waals surface area contributed by atoms with E-state index in [0.29, 0.717) is 18.2 Å². The molecule has 0 aliphatic rings. The fourth-order valence-electron chi connectivity index (χ4n) is 2.31. The van der Waals surface area contributed by atoms with Crippen LogP contribution in [0, 0.1) is 11.8 Å². The van der Waals surface area contributed by atoms with Crippen LogP contribution in [0.2, 0.25) is 0 Å². The Morgan fingerprint density at radius 3 is 2.03 bits per heavy atom. The summed E-state index contributed by atoms with van der Waals surface area (Å²) in [5, 5.41) is 2.32. The van der Waals surface area contributed by atoms with E-state index in [2.05, 4.69) is 11.2 Å². The quantitative estimate of drug-likeness (QED) is 0.413. The normalized spacial score (nSPS) is 11.4. The number of carbonyl (C=O) groups is 1. The number of carbonyl (C=O) groups excluding carboxylic acids is 1. The summed E-state index contributed by atoms with van der Waals surface area (Å²) in [5.74, 6) is 4.18. The highest BCUT2D eigenvalue weighted by atomic mass is 19.4. The van der Waals surface area contributed by atoms with Crippen molar-refractivity contribution in [3.63, 3.8) is 0 Å². The van der Waals surface area contributed by atoms with Gasteiger partial charge in [0.2, 0.25) is 0 Å². The number of nitrogens with one attached hydrogen (secondary N) is 1. The van der Waals surface area contributed by atoms with Crippen molar-refractivity contribution in [1.82, 2.24) is 5.32 Å². The topological polar surface area (TPSA) is 38.3 Å². The summed E-state index contributed by atoms with van der Waals surface area (Å²) in [4.78, 5) is 11.5. The van der Waals surface area contributed by atoms with Gasteiger partial charge in [0.05, 0.1) is 11.1 Å². The second-order valence-electron chi connectivity index (χ2n) is 5.76. The fraction of sp³-hybridized carbons (Fsp3) is 0.250. The van der Waals surface area contributed by atoms with E-state index < -0.39 is 35.1 Å². The molecule has 0 spiro atoms. The largest absolute Gasteiger partial charge is 0.445 e. The van der Waals surface area contributed by atoms with Crippen LogP contribution in [-0.4, -0.2) is 12.6 Å². The second-order valence-corrected chi connectivity index (χ2v) is 5.76. The molecular weight excluding hydrogens is 400 g/mol. The lowest BCUT2D eigenvalue weighted by Crippen LogP contribution is -2.24. The number of ether oxygens (including phenoxy) is 1. The van der Waals surface area contributed by atoms with Gasteiger partial charge in [0.1, 0.15) is 6.61 Å². The minimum Gasteiger partial charge on any atom is -0.445 e. The lowest BCUT2D eigenvalue weighted by Gasteiger charge is -2.14. The van der Waals surface area contributed by atoms with E-state index in [0.717, 1.165) is 5.56 Å². The van der Waals surface area contributed by atoms with Crippen molar-refractivity contribution in [3.8, 4) is 11.8 Å². The summed E-state index contributed by atoms with van der Waals surface area (Å²) in [6.07, 6.45) is -10.9. The van der Waals surface area contributed by atoms with E-state index in [9.17, 15) is 31.1 Å². The Bertz CT molecular complexity index is 863. The van der Waals surface area contributed by atoms with Gasteiger partial charge in [0.25, 0.3) is 0 Å². The van der Waals surface area contributed by atoms with Gasteiger partial charge in [-0.05, 0) is 17.7 Å². The summed E-state index contributed by atoms with van der Waals surface area (Å²) < 4.78 is 83.0. The first-order valence-corrected chi connectivity index (χ1v) is 8.30. The third-order valence-corrected chi connectivity index (χ3v) is 3.62. The maximum Gasteiger partial charge on any atom is 0.417 e. The average molecular weight is 415 g/mol. The van der Waals surface area contributed by atoms with Gasteiger partial charge in [0, 0.05) is 18.5 Å².